The molecule has 1 aliphatic heterocycles. The molecule has 5 nitrogen and oxygen atoms in total. The van der Waals surface area contributed by atoms with Gasteiger partial charge in [0.2, 0.25) is 0 Å². The highest BCUT2D eigenvalue weighted by Gasteiger charge is 2.26. The van der Waals surface area contributed by atoms with Crippen molar-refractivity contribution < 1.29 is 4.79 Å². The minimum Gasteiger partial charge on any atom is -0.339 e. The molecule has 3 rings (SSSR count). The molecule has 5 heteroatoms. The number of hydrogen-bond acceptors (Lipinski definition) is 3. The van der Waals surface area contributed by atoms with Gasteiger partial charge in [-0.3, -0.25) is 9.78 Å². The molecule has 0 N–H and O–H groups in total. The van der Waals surface area contributed by atoms with Gasteiger partial charge in [-0.15, -0.1) is 0 Å². The molecule has 0 aromatic carbocycles. The van der Waals surface area contributed by atoms with E-state index < -0.39 is 0 Å². The molecule has 0 atom stereocenters. The van der Waals surface area contributed by atoms with Crippen molar-refractivity contribution in [2.75, 3.05) is 13.1 Å². The maximum Gasteiger partial charge on any atom is 0.253 e. The Morgan fingerprint density at radius 3 is 2.62 bits per heavy atom. The number of piperidine rings is 1. The van der Waals surface area contributed by atoms with E-state index in [9.17, 15) is 4.79 Å². The average molecular weight is 284 g/mol. The first-order valence-electron chi connectivity index (χ1n) is 7.50. The van der Waals surface area contributed by atoms with Crippen LogP contribution in [0.3, 0.4) is 0 Å². The highest BCUT2D eigenvalue weighted by molar-refractivity contribution is 5.94. The average Bonchev–Trinajstić information content (AvgIpc) is 3.04. The van der Waals surface area contributed by atoms with E-state index in [1.807, 2.05) is 17.3 Å². The molecule has 0 bridgehead atoms. The number of imidazole rings is 1. The van der Waals surface area contributed by atoms with Crippen LogP contribution in [0.4, 0.5) is 0 Å². The van der Waals surface area contributed by atoms with Crippen LogP contribution in [0, 0.1) is 0 Å². The molecule has 0 radical (unpaired) electrons. The van der Waals surface area contributed by atoms with Gasteiger partial charge in [0.25, 0.3) is 5.91 Å². The predicted octanol–water partition coefficient (Wildman–Crippen LogP) is 2.32. The molecule has 21 heavy (non-hydrogen) atoms. The molecular formula is C16H20N4O. The second-order valence-corrected chi connectivity index (χ2v) is 5.37. The van der Waals surface area contributed by atoms with E-state index in [0.717, 1.165) is 43.9 Å². The number of aryl methyl sites for hydroxylation is 1. The highest BCUT2D eigenvalue weighted by Crippen LogP contribution is 2.27. The normalized spacial score (nSPS) is 16.1. The Kier molecular flexibility index (Phi) is 3.99. The Balaban J connectivity index is 1.64. The monoisotopic (exact) mass is 284 g/mol. The smallest absolute Gasteiger partial charge is 0.253 e. The fourth-order valence-electron chi connectivity index (χ4n) is 2.97. The summed E-state index contributed by atoms with van der Waals surface area (Å²) in [5, 5.41) is 0. The third-order valence-electron chi connectivity index (χ3n) is 4.16. The summed E-state index contributed by atoms with van der Waals surface area (Å²) in [6, 6.07) is 3.55. The number of rotatable bonds is 3. The van der Waals surface area contributed by atoms with Crippen LogP contribution >= 0.6 is 0 Å². The summed E-state index contributed by atoms with van der Waals surface area (Å²) in [5.74, 6) is 1.73. The fourth-order valence-corrected chi connectivity index (χ4v) is 2.97. The van der Waals surface area contributed by atoms with Crippen LogP contribution in [0.5, 0.6) is 0 Å². The topological polar surface area (TPSA) is 51.0 Å². The first kappa shape index (κ1) is 13.8. The molecule has 2 aromatic heterocycles. The van der Waals surface area contributed by atoms with Gasteiger partial charge < -0.3 is 9.47 Å². The third-order valence-corrected chi connectivity index (χ3v) is 4.16. The van der Waals surface area contributed by atoms with Crippen molar-refractivity contribution in [3.8, 4) is 0 Å². The zero-order valence-corrected chi connectivity index (χ0v) is 12.3. The van der Waals surface area contributed by atoms with Crippen LogP contribution < -0.4 is 0 Å². The van der Waals surface area contributed by atoms with E-state index in [1.54, 1.807) is 24.5 Å². The summed E-state index contributed by atoms with van der Waals surface area (Å²) in [7, 11) is 0. The molecule has 1 saturated heterocycles. The van der Waals surface area contributed by atoms with E-state index in [1.165, 1.54) is 0 Å². The Morgan fingerprint density at radius 2 is 1.95 bits per heavy atom. The molecule has 0 aliphatic carbocycles. The summed E-state index contributed by atoms with van der Waals surface area (Å²) in [5.41, 5.74) is 0.721. The van der Waals surface area contributed by atoms with Gasteiger partial charge in [-0.05, 0) is 31.9 Å². The second-order valence-electron chi connectivity index (χ2n) is 5.37. The van der Waals surface area contributed by atoms with Gasteiger partial charge in [-0.25, -0.2) is 4.98 Å². The summed E-state index contributed by atoms with van der Waals surface area (Å²) in [4.78, 5) is 22.8. The van der Waals surface area contributed by atoms with E-state index >= 15 is 0 Å². The molecule has 1 fully saturated rings. The molecular weight excluding hydrogens is 264 g/mol. The standard InChI is InChI=1S/C16H20N4O/c1-2-19-12-9-18-15(19)13-5-10-20(11-6-13)16(21)14-3-7-17-8-4-14/h3-4,7-9,12-13H,2,5-6,10-11H2,1H3. The Morgan fingerprint density at radius 1 is 1.24 bits per heavy atom. The number of carbonyl (C=O) groups excluding carboxylic acids is 1. The zero-order chi connectivity index (χ0) is 14.7. The summed E-state index contributed by atoms with van der Waals surface area (Å²) < 4.78 is 2.20. The number of likely N-dealkylation sites (tertiary alicyclic amines) is 1. The van der Waals surface area contributed by atoms with E-state index in [2.05, 4.69) is 21.5 Å². The number of pyridine rings is 1. The summed E-state index contributed by atoms with van der Waals surface area (Å²) in [6.07, 6.45) is 9.19. The van der Waals surface area contributed by atoms with Crippen LogP contribution in [0.1, 0.15) is 41.9 Å². The van der Waals surface area contributed by atoms with Gasteiger partial charge in [0, 0.05) is 55.9 Å². The molecule has 0 spiro atoms. The third kappa shape index (κ3) is 2.82. The van der Waals surface area contributed by atoms with Crippen LogP contribution in [0.2, 0.25) is 0 Å². The summed E-state index contributed by atoms with van der Waals surface area (Å²) >= 11 is 0. The van der Waals surface area contributed by atoms with Gasteiger partial charge >= 0.3 is 0 Å². The zero-order valence-electron chi connectivity index (χ0n) is 12.3. The minimum absolute atomic E-state index is 0.106. The first-order valence-corrected chi connectivity index (χ1v) is 7.50. The van der Waals surface area contributed by atoms with Crippen molar-refractivity contribution in [1.82, 2.24) is 19.4 Å². The number of hydrogen-bond donors (Lipinski definition) is 0. The Bertz CT molecular complexity index is 600. The van der Waals surface area contributed by atoms with Crippen LogP contribution in [-0.2, 0) is 6.54 Å². The Labute approximate surface area is 124 Å². The summed E-state index contributed by atoms with van der Waals surface area (Å²) in [6.45, 7) is 4.67. The molecule has 0 unspecified atom stereocenters. The van der Waals surface area contributed by atoms with Crippen molar-refractivity contribution in [3.05, 3.63) is 48.3 Å². The van der Waals surface area contributed by atoms with E-state index in [-0.39, 0.29) is 5.91 Å². The van der Waals surface area contributed by atoms with Crippen LogP contribution in [-0.4, -0.2) is 38.4 Å². The maximum absolute atomic E-state index is 12.4. The largest absolute Gasteiger partial charge is 0.339 e. The maximum atomic E-state index is 12.4. The predicted molar refractivity (Wildman–Crippen MR) is 80.0 cm³/mol. The van der Waals surface area contributed by atoms with E-state index in [0.29, 0.717) is 5.92 Å². The van der Waals surface area contributed by atoms with E-state index in [4.69, 9.17) is 0 Å². The molecule has 1 amide bonds. The number of carbonyl (C=O) groups is 1. The highest BCUT2D eigenvalue weighted by atomic mass is 16.2. The van der Waals surface area contributed by atoms with Crippen molar-refractivity contribution in [1.29, 1.82) is 0 Å². The number of aromatic nitrogens is 3. The molecule has 3 heterocycles. The van der Waals surface area contributed by atoms with Gasteiger partial charge in [-0.2, -0.15) is 0 Å². The lowest BCUT2D eigenvalue weighted by Crippen LogP contribution is -2.38. The first-order chi connectivity index (χ1) is 10.3. The van der Waals surface area contributed by atoms with Crippen molar-refractivity contribution in [2.45, 2.75) is 32.2 Å². The fraction of sp³-hybridized carbons (Fsp3) is 0.438. The second kappa shape index (κ2) is 6.08. The molecule has 110 valence electrons. The molecule has 0 saturated carbocycles. The van der Waals surface area contributed by atoms with Crippen molar-refractivity contribution in [2.24, 2.45) is 0 Å². The lowest BCUT2D eigenvalue weighted by molar-refractivity contribution is 0.0710. The quantitative estimate of drug-likeness (QED) is 0.869. The molecule has 2 aromatic rings. The van der Waals surface area contributed by atoms with Gasteiger partial charge in [0.15, 0.2) is 0 Å². The number of amides is 1. The molecule has 1 aliphatic rings. The Hall–Kier alpha value is -2.17. The lowest BCUT2D eigenvalue weighted by atomic mass is 9.95. The van der Waals surface area contributed by atoms with Crippen LogP contribution in [0.25, 0.3) is 0 Å². The van der Waals surface area contributed by atoms with Gasteiger partial charge in [-0.1, -0.05) is 0 Å². The SMILES string of the molecule is CCn1ccnc1C1CCN(C(=O)c2ccncc2)CC1. The van der Waals surface area contributed by atoms with Gasteiger partial charge in [0.1, 0.15) is 5.82 Å². The van der Waals surface area contributed by atoms with Crippen LogP contribution in [0.15, 0.2) is 36.9 Å². The lowest BCUT2D eigenvalue weighted by Gasteiger charge is -2.32. The van der Waals surface area contributed by atoms with Gasteiger partial charge in [0.05, 0.1) is 0 Å². The van der Waals surface area contributed by atoms with Crippen molar-refractivity contribution >= 4 is 5.91 Å². The van der Waals surface area contributed by atoms with Crippen molar-refractivity contribution in [3.63, 3.8) is 0 Å². The number of nitrogens with zero attached hydrogens (tertiary/aromatic N) is 4. The minimum atomic E-state index is 0.106.